The molecule has 0 bridgehead atoms. The highest BCUT2D eigenvalue weighted by molar-refractivity contribution is 7.90. The van der Waals surface area contributed by atoms with Gasteiger partial charge in [0.1, 0.15) is 33.9 Å². The van der Waals surface area contributed by atoms with Gasteiger partial charge in [0.15, 0.2) is 11.5 Å². The molecule has 4 rings (SSSR count). The van der Waals surface area contributed by atoms with E-state index < -0.39 is 15.7 Å². The van der Waals surface area contributed by atoms with Gasteiger partial charge < -0.3 is 19.7 Å². The zero-order valence-electron chi connectivity index (χ0n) is 18.9. The molecule has 11 heteroatoms. The van der Waals surface area contributed by atoms with E-state index in [0.29, 0.717) is 40.5 Å². The van der Waals surface area contributed by atoms with Crippen molar-refractivity contribution in [2.75, 3.05) is 44.1 Å². The molecule has 1 fully saturated rings. The molecule has 1 saturated heterocycles. The van der Waals surface area contributed by atoms with Gasteiger partial charge in [-0.3, -0.25) is 0 Å². The minimum Gasteiger partial charge on any atom is -0.493 e. The lowest BCUT2D eigenvalue weighted by Gasteiger charge is -2.32. The second kappa shape index (κ2) is 10.3. The normalized spacial score (nSPS) is 15.4. The zero-order valence-corrected chi connectivity index (χ0v) is 20.5. The van der Waals surface area contributed by atoms with Crippen molar-refractivity contribution in [2.24, 2.45) is 0 Å². The zero-order chi connectivity index (χ0) is 24.3. The molecule has 1 aliphatic heterocycles. The van der Waals surface area contributed by atoms with E-state index in [1.807, 2.05) is 6.07 Å². The largest absolute Gasteiger partial charge is 0.493 e. The number of likely N-dealkylation sites (tertiary alicyclic amines) is 1. The predicted molar refractivity (Wildman–Crippen MR) is 131 cm³/mol. The molecule has 0 radical (unpaired) electrons. The summed E-state index contributed by atoms with van der Waals surface area (Å²) in [5.74, 6) is 1.31. The van der Waals surface area contributed by atoms with Crippen molar-refractivity contribution >= 4 is 43.8 Å². The monoisotopic (exact) mass is 508 g/mol. The van der Waals surface area contributed by atoms with E-state index in [1.165, 1.54) is 24.7 Å². The van der Waals surface area contributed by atoms with Gasteiger partial charge in [-0.1, -0.05) is 11.6 Å². The number of fused-ring (bicyclic) bond motifs is 1. The van der Waals surface area contributed by atoms with Gasteiger partial charge in [-0.2, -0.15) is 0 Å². The molecular weight excluding hydrogens is 483 g/mol. The van der Waals surface area contributed by atoms with Crippen molar-refractivity contribution in [1.82, 2.24) is 14.9 Å². The van der Waals surface area contributed by atoms with Gasteiger partial charge in [0.25, 0.3) is 0 Å². The fourth-order valence-electron chi connectivity index (χ4n) is 3.85. The number of piperidine rings is 1. The molecule has 1 N–H and O–H groups in total. The Morgan fingerprint density at radius 2 is 1.94 bits per heavy atom. The van der Waals surface area contributed by atoms with Crippen molar-refractivity contribution in [3.63, 3.8) is 0 Å². The predicted octanol–water partition coefficient (Wildman–Crippen LogP) is 4.06. The van der Waals surface area contributed by atoms with Crippen LogP contribution in [0.3, 0.4) is 0 Å². The fraction of sp³-hybridized carbons (Fsp3) is 0.391. The lowest BCUT2D eigenvalue weighted by atomic mass is 10.1. The Labute approximate surface area is 203 Å². The van der Waals surface area contributed by atoms with E-state index in [2.05, 4.69) is 20.2 Å². The highest BCUT2D eigenvalue weighted by Gasteiger charge is 2.23. The van der Waals surface area contributed by atoms with Gasteiger partial charge in [-0.05, 0) is 37.1 Å². The molecule has 1 aromatic heterocycles. The van der Waals surface area contributed by atoms with Crippen LogP contribution in [-0.2, 0) is 9.84 Å². The van der Waals surface area contributed by atoms with Gasteiger partial charge in [-0.25, -0.2) is 22.8 Å². The molecule has 182 valence electrons. The number of nitrogens with one attached hydrogen (secondary N) is 1. The van der Waals surface area contributed by atoms with Gasteiger partial charge in [0, 0.05) is 43.0 Å². The highest BCUT2D eigenvalue weighted by atomic mass is 35.5. The number of hydrogen-bond donors (Lipinski definition) is 1. The summed E-state index contributed by atoms with van der Waals surface area (Å²) in [7, 11) is -1.41. The van der Waals surface area contributed by atoms with E-state index in [9.17, 15) is 12.8 Å². The van der Waals surface area contributed by atoms with Crippen LogP contribution in [0.5, 0.6) is 11.5 Å². The molecule has 8 nitrogen and oxygen atoms in total. The van der Waals surface area contributed by atoms with Crippen molar-refractivity contribution < 1.29 is 22.3 Å². The molecule has 2 heterocycles. The average Bonchev–Trinajstić information content (AvgIpc) is 2.80. The molecular formula is C23H26ClFN4O4S. The number of halogens is 2. The maximum atomic E-state index is 13.5. The van der Waals surface area contributed by atoms with Crippen LogP contribution in [0, 0.1) is 5.82 Å². The summed E-state index contributed by atoms with van der Waals surface area (Å²) < 4.78 is 48.2. The van der Waals surface area contributed by atoms with E-state index in [0.717, 1.165) is 25.9 Å². The first-order chi connectivity index (χ1) is 16.2. The Morgan fingerprint density at radius 3 is 2.62 bits per heavy atom. The van der Waals surface area contributed by atoms with Gasteiger partial charge >= 0.3 is 0 Å². The van der Waals surface area contributed by atoms with Crippen LogP contribution in [0.25, 0.3) is 10.9 Å². The number of anilines is 2. The Balaban J connectivity index is 1.52. The van der Waals surface area contributed by atoms with Crippen molar-refractivity contribution in [3.05, 3.63) is 47.5 Å². The Hall–Kier alpha value is -2.69. The molecule has 2 aromatic carbocycles. The lowest BCUT2D eigenvalue weighted by Crippen LogP contribution is -2.40. The highest BCUT2D eigenvalue weighted by Crippen LogP contribution is 2.36. The lowest BCUT2D eigenvalue weighted by molar-refractivity contribution is 0.101. The third-order valence-corrected chi connectivity index (χ3v) is 6.92. The molecule has 3 aromatic rings. The van der Waals surface area contributed by atoms with Gasteiger partial charge in [0.2, 0.25) is 0 Å². The van der Waals surface area contributed by atoms with E-state index >= 15 is 0 Å². The first-order valence-electron chi connectivity index (χ1n) is 10.8. The van der Waals surface area contributed by atoms with Crippen LogP contribution >= 0.6 is 11.6 Å². The summed E-state index contributed by atoms with van der Waals surface area (Å²) in [5.41, 5.74) is 1.25. The first-order valence-corrected chi connectivity index (χ1v) is 13.3. The van der Waals surface area contributed by atoms with Crippen molar-refractivity contribution in [1.29, 1.82) is 0 Å². The summed E-state index contributed by atoms with van der Waals surface area (Å²) in [6.07, 6.45) is 4.21. The Bertz CT molecular complexity index is 1280. The number of rotatable bonds is 8. The van der Waals surface area contributed by atoms with Crippen LogP contribution in [0.2, 0.25) is 5.02 Å². The minimum atomic E-state index is -2.98. The van der Waals surface area contributed by atoms with Gasteiger partial charge in [-0.15, -0.1) is 0 Å². The summed E-state index contributed by atoms with van der Waals surface area (Å²) in [6.45, 7) is 2.05. The number of hydrogen-bond acceptors (Lipinski definition) is 8. The summed E-state index contributed by atoms with van der Waals surface area (Å²) >= 11 is 5.91. The van der Waals surface area contributed by atoms with Crippen LogP contribution in [0.4, 0.5) is 15.9 Å². The minimum absolute atomic E-state index is 0.0110. The van der Waals surface area contributed by atoms with Gasteiger partial charge in [0.05, 0.1) is 23.4 Å². The molecule has 34 heavy (non-hydrogen) atoms. The molecule has 0 amide bonds. The number of aromatic nitrogens is 2. The fourth-order valence-corrected chi connectivity index (χ4v) is 4.62. The van der Waals surface area contributed by atoms with Crippen LogP contribution in [0.15, 0.2) is 36.7 Å². The Kier molecular flexibility index (Phi) is 7.39. The molecule has 1 aliphatic rings. The molecule has 0 spiro atoms. The average molecular weight is 509 g/mol. The standard InChI is InChI=1S/C23H26ClFN4O4S/c1-32-21-13-20-17(23(27-14-26-20)28-15-3-4-19(25)18(24)11-15)12-22(21)33-16-5-7-29(8-6-16)9-10-34(2,30)31/h3-4,11-14,16H,5-10H2,1-2H3,(H,26,27,28). The number of methoxy groups -OCH3 is 1. The third-order valence-electron chi connectivity index (χ3n) is 5.71. The quantitative estimate of drug-likeness (QED) is 0.487. The van der Waals surface area contributed by atoms with E-state index in [1.54, 1.807) is 19.2 Å². The topological polar surface area (TPSA) is 93.7 Å². The van der Waals surface area contributed by atoms with Crippen LogP contribution < -0.4 is 14.8 Å². The first kappa shape index (κ1) is 24.4. The van der Waals surface area contributed by atoms with E-state index in [4.69, 9.17) is 21.1 Å². The number of benzene rings is 2. The molecule has 0 aliphatic carbocycles. The Morgan fingerprint density at radius 1 is 1.18 bits per heavy atom. The SMILES string of the molecule is COc1cc2ncnc(Nc3ccc(F)c(Cl)c3)c2cc1OC1CCN(CCS(C)(=O)=O)CC1. The smallest absolute Gasteiger partial charge is 0.162 e. The summed E-state index contributed by atoms with van der Waals surface area (Å²) in [6, 6.07) is 7.97. The summed E-state index contributed by atoms with van der Waals surface area (Å²) in [5, 5.41) is 3.88. The third kappa shape index (κ3) is 6.05. The van der Waals surface area contributed by atoms with Crippen molar-refractivity contribution in [3.8, 4) is 11.5 Å². The maximum Gasteiger partial charge on any atom is 0.162 e. The molecule has 0 atom stereocenters. The second-order valence-electron chi connectivity index (χ2n) is 8.29. The van der Waals surface area contributed by atoms with Crippen LogP contribution in [0.1, 0.15) is 12.8 Å². The number of nitrogens with zero attached hydrogens (tertiary/aromatic N) is 3. The molecule has 0 unspecified atom stereocenters. The maximum absolute atomic E-state index is 13.5. The van der Waals surface area contributed by atoms with Crippen molar-refractivity contribution in [2.45, 2.75) is 18.9 Å². The number of ether oxygens (including phenoxy) is 2. The summed E-state index contributed by atoms with van der Waals surface area (Å²) in [4.78, 5) is 10.8. The number of sulfone groups is 1. The van der Waals surface area contributed by atoms with Crippen LogP contribution in [-0.4, -0.2) is 68.1 Å². The van der Waals surface area contributed by atoms with E-state index in [-0.39, 0.29) is 16.9 Å². The second-order valence-corrected chi connectivity index (χ2v) is 11.0. The molecule has 0 saturated carbocycles.